The molecule has 0 spiro atoms. The summed E-state index contributed by atoms with van der Waals surface area (Å²) in [6.07, 6.45) is 1.72. The number of carbonyl (C=O) groups excluding carboxylic acids is 1. The minimum absolute atomic E-state index is 0.0596. The number of hydrogen-bond donors (Lipinski definition) is 2. The molecule has 0 radical (unpaired) electrons. The lowest BCUT2D eigenvalue weighted by atomic mass is 9.98. The van der Waals surface area contributed by atoms with Crippen molar-refractivity contribution in [3.8, 4) is 0 Å². The van der Waals surface area contributed by atoms with Crippen LogP contribution in [0.1, 0.15) is 40.5 Å². The van der Waals surface area contributed by atoms with Crippen molar-refractivity contribution in [2.75, 3.05) is 20.6 Å². The lowest BCUT2D eigenvalue weighted by Crippen LogP contribution is -2.53. The summed E-state index contributed by atoms with van der Waals surface area (Å²) < 4.78 is 0. The van der Waals surface area contributed by atoms with Gasteiger partial charge in [0.05, 0.1) is 5.54 Å². The molecule has 4 heteroatoms. The molecule has 0 aromatic carbocycles. The Morgan fingerprint density at radius 1 is 1.41 bits per heavy atom. The highest BCUT2D eigenvalue weighted by atomic mass is 16.2. The Hall–Kier alpha value is -0.610. The van der Waals surface area contributed by atoms with Gasteiger partial charge in [0.25, 0.3) is 0 Å². The number of rotatable bonds is 7. The number of carbonyl (C=O) groups is 1. The molecule has 0 saturated carbocycles. The minimum Gasteiger partial charge on any atom is -0.353 e. The van der Waals surface area contributed by atoms with Crippen LogP contribution in [0.5, 0.6) is 0 Å². The van der Waals surface area contributed by atoms with E-state index >= 15 is 0 Å². The van der Waals surface area contributed by atoms with E-state index in [1.54, 1.807) is 6.92 Å². The molecule has 0 aromatic rings. The first-order chi connectivity index (χ1) is 7.70. The van der Waals surface area contributed by atoms with Gasteiger partial charge in [-0.3, -0.25) is 4.79 Å². The van der Waals surface area contributed by atoms with Crippen LogP contribution >= 0.6 is 0 Å². The average Bonchev–Trinajstić information content (AvgIpc) is 2.22. The molecule has 17 heavy (non-hydrogen) atoms. The van der Waals surface area contributed by atoms with Gasteiger partial charge in [0, 0.05) is 12.6 Å². The van der Waals surface area contributed by atoms with Gasteiger partial charge < -0.3 is 16.0 Å². The standard InChI is InChI=1S/C13H29N3O/c1-7-13(4,14)12(17)15-9-11(16(5)6)8-10(2)3/h10-11H,7-9,14H2,1-6H3,(H,15,17). The molecule has 0 aliphatic rings. The van der Waals surface area contributed by atoms with Crippen LogP contribution < -0.4 is 11.1 Å². The lowest BCUT2D eigenvalue weighted by Gasteiger charge is -2.28. The molecule has 0 saturated heterocycles. The lowest BCUT2D eigenvalue weighted by molar-refractivity contribution is -0.126. The molecule has 0 aromatic heterocycles. The number of amides is 1. The second-order valence-corrected chi connectivity index (χ2v) is 5.73. The van der Waals surface area contributed by atoms with Crippen LogP contribution in [0.25, 0.3) is 0 Å². The topological polar surface area (TPSA) is 58.4 Å². The van der Waals surface area contributed by atoms with Crippen LogP contribution in [0.2, 0.25) is 0 Å². The summed E-state index contributed by atoms with van der Waals surface area (Å²) in [5.41, 5.74) is 5.14. The van der Waals surface area contributed by atoms with Gasteiger partial charge in [0.1, 0.15) is 0 Å². The van der Waals surface area contributed by atoms with Crippen molar-refractivity contribution in [1.29, 1.82) is 0 Å². The van der Waals surface area contributed by atoms with E-state index in [0.29, 0.717) is 24.9 Å². The fourth-order valence-corrected chi connectivity index (χ4v) is 1.59. The van der Waals surface area contributed by atoms with Gasteiger partial charge in [-0.25, -0.2) is 0 Å². The zero-order chi connectivity index (χ0) is 13.6. The van der Waals surface area contributed by atoms with Crippen molar-refractivity contribution in [3.63, 3.8) is 0 Å². The van der Waals surface area contributed by atoms with Crippen molar-refractivity contribution in [2.24, 2.45) is 11.7 Å². The summed E-state index contributed by atoms with van der Waals surface area (Å²) in [6, 6.07) is 0.367. The molecule has 0 fully saturated rings. The molecule has 0 bridgehead atoms. The van der Waals surface area contributed by atoms with Crippen LogP contribution in [-0.2, 0) is 4.79 Å². The normalized spacial score (nSPS) is 17.0. The first-order valence-electron chi connectivity index (χ1n) is 6.44. The molecule has 1 amide bonds. The van der Waals surface area contributed by atoms with Gasteiger partial charge in [0.2, 0.25) is 5.91 Å². The Morgan fingerprint density at radius 3 is 2.29 bits per heavy atom. The summed E-state index contributed by atoms with van der Waals surface area (Å²) in [5, 5.41) is 2.96. The molecule has 0 aliphatic carbocycles. The van der Waals surface area contributed by atoms with Crippen molar-refractivity contribution in [2.45, 2.75) is 52.1 Å². The summed E-state index contributed by atoms with van der Waals surface area (Å²) in [4.78, 5) is 14.0. The van der Waals surface area contributed by atoms with Gasteiger partial charge >= 0.3 is 0 Å². The summed E-state index contributed by atoms with van der Waals surface area (Å²) in [7, 11) is 4.08. The Kier molecular flexibility index (Phi) is 6.72. The van der Waals surface area contributed by atoms with Crippen molar-refractivity contribution < 1.29 is 4.79 Å². The highest BCUT2D eigenvalue weighted by molar-refractivity contribution is 5.85. The van der Waals surface area contributed by atoms with E-state index in [-0.39, 0.29) is 5.91 Å². The van der Waals surface area contributed by atoms with E-state index in [9.17, 15) is 4.79 Å². The predicted molar refractivity (Wildman–Crippen MR) is 72.8 cm³/mol. The van der Waals surface area contributed by atoms with Gasteiger partial charge in [-0.1, -0.05) is 20.8 Å². The largest absolute Gasteiger partial charge is 0.353 e. The summed E-state index contributed by atoms with van der Waals surface area (Å²) >= 11 is 0. The second-order valence-electron chi connectivity index (χ2n) is 5.73. The maximum absolute atomic E-state index is 11.9. The third kappa shape index (κ3) is 6.03. The van der Waals surface area contributed by atoms with Gasteiger partial charge in [-0.05, 0) is 39.8 Å². The molecule has 0 heterocycles. The summed E-state index contributed by atoms with van der Waals surface area (Å²) in [6.45, 7) is 8.75. The molecule has 4 nitrogen and oxygen atoms in total. The fraction of sp³-hybridized carbons (Fsp3) is 0.923. The van der Waals surface area contributed by atoms with Crippen molar-refractivity contribution in [1.82, 2.24) is 10.2 Å². The maximum atomic E-state index is 11.9. The maximum Gasteiger partial charge on any atom is 0.239 e. The molecular weight excluding hydrogens is 214 g/mol. The number of nitrogens with zero attached hydrogens (tertiary/aromatic N) is 1. The molecule has 2 atom stereocenters. The number of likely N-dealkylation sites (N-methyl/N-ethyl adjacent to an activating group) is 1. The highest BCUT2D eigenvalue weighted by Crippen LogP contribution is 2.09. The number of nitrogens with one attached hydrogen (secondary N) is 1. The molecule has 0 rings (SSSR count). The van der Waals surface area contributed by atoms with E-state index in [1.165, 1.54) is 0 Å². The van der Waals surface area contributed by atoms with Gasteiger partial charge in [0.15, 0.2) is 0 Å². The molecular formula is C13H29N3O. The third-order valence-corrected chi connectivity index (χ3v) is 3.23. The third-order valence-electron chi connectivity index (χ3n) is 3.23. The second kappa shape index (κ2) is 6.97. The Labute approximate surface area is 106 Å². The van der Waals surface area contributed by atoms with Crippen molar-refractivity contribution >= 4 is 5.91 Å². The monoisotopic (exact) mass is 243 g/mol. The first-order valence-corrected chi connectivity index (χ1v) is 6.44. The Balaban J connectivity index is 4.27. The minimum atomic E-state index is -0.755. The predicted octanol–water partition coefficient (Wildman–Crippen LogP) is 1.21. The quantitative estimate of drug-likeness (QED) is 0.706. The van der Waals surface area contributed by atoms with Gasteiger partial charge in [-0.2, -0.15) is 0 Å². The van der Waals surface area contributed by atoms with Gasteiger partial charge in [-0.15, -0.1) is 0 Å². The fourth-order valence-electron chi connectivity index (χ4n) is 1.59. The van der Waals surface area contributed by atoms with E-state index in [0.717, 1.165) is 6.42 Å². The summed E-state index contributed by atoms with van der Waals surface area (Å²) in [5.74, 6) is 0.561. The Morgan fingerprint density at radius 2 is 1.94 bits per heavy atom. The van der Waals surface area contributed by atoms with Crippen molar-refractivity contribution in [3.05, 3.63) is 0 Å². The van der Waals surface area contributed by atoms with Crippen LogP contribution in [0.4, 0.5) is 0 Å². The molecule has 3 N–H and O–H groups in total. The number of nitrogens with two attached hydrogens (primary N) is 1. The molecule has 2 unspecified atom stereocenters. The molecule has 0 aliphatic heterocycles. The van der Waals surface area contributed by atoms with E-state index in [1.807, 2.05) is 21.0 Å². The highest BCUT2D eigenvalue weighted by Gasteiger charge is 2.26. The smallest absolute Gasteiger partial charge is 0.239 e. The van der Waals surface area contributed by atoms with Crippen LogP contribution in [-0.4, -0.2) is 43.0 Å². The van der Waals surface area contributed by atoms with E-state index in [4.69, 9.17) is 5.73 Å². The molecule has 102 valence electrons. The van der Waals surface area contributed by atoms with Crippen LogP contribution in [0.15, 0.2) is 0 Å². The SMILES string of the molecule is CCC(C)(N)C(=O)NCC(CC(C)C)N(C)C. The van der Waals surface area contributed by atoms with E-state index < -0.39 is 5.54 Å². The van der Waals surface area contributed by atoms with Crippen LogP contribution in [0.3, 0.4) is 0 Å². The van der Waals surface area contributed by atoms with Crippen LogP contribution in [0, 0.1) is 5.92 Å². The zero-order valence-electron chi connectivity index (χ0n) is 12.2. The Bertz CT molecular complexity index is 237. The number of hydrogen-bond acceptors (Lipinski definition) is 3. The van der Waals surface area contributed by atoms with E-state index in [2.05, 4.69) is 24.1 Å². The zero-order valence-corrected chi connectivity index (χ0v) is 12.2. The first kappa shape index (κ1) is 16.4. The average molecular weight is 243 g/mol.